The van der Waals surface area contributed by atoms with Gasteiger partial charge in [0, 0.05) is 23.3 Å². The number of methoxy groups -OCH3 is 1. The van der Waals surface area contributed by atoms with Gasteiger partial charge in [-0.3, -0.25) is 4.98 Å². The molecule has 3 heterocycles. The maximum atomic E-state index is 12.6. The lowest BCUT2D eigenvalue weighted by Crippen LogP contribution is -2.29. The molecule has 1 N–H and O–H groups in total. The second-order valence-electron chi connectivity index (χ2n) is 9.83. The van der Waals surface area contributed by atoms with E-state index >= 15 is 0 Å². The molecule has 0 saturated carbocycles. The van der Waals surface area contributed by atoms with Crippen molar-refractivity contribution in [2.75, 3.05) is 12.0 Å². The number of nitrogens with one attached hydrogen (secondary N) is 1. The van der Waals surface area contributed by atoms with Crippen LogP contribution in [0, 0.1) is 13.8 Å². The summed E-state index contributed by atoms with van der Waals surface area (Å²) in [4.78, 5) is 19.4. The van der Waals surface area contributed by atoms with Gasteiger partial charge < -0.3 is 24.3 Å². The number of carbonyl (C=O) groups excluding carboxylic acids is 1. The normalized spacial score (nSPS) is 16.9. The average Bonchev–Trinajstić information content (AvgIpc) is 3.43. The van der Waals surface area contributed by atoms with E-state index in [1.165, 1.54) is 7.11 Å². The lowest BCUT2D eigenvalue weighted by atomic mass is 9.96. The first-order chi connectivity index (χ1) is 18.8. The van der Waals surface area contributed by atoms with Crippen LogP contribution >= 0.6 is 12.2 Å². The van der Waals surface area contributed by atoms with Gasteiger partial charge in [0.25, 0.3) is 0 Å². The van der Waals surface area contributed by atoms with E-state index < -0.39 is 0 Å². The molecule has 2 aromatic heterocycles. The van der Waals surface area contributed by atoms with Crippen LogP contribution in [-0.2, 0) is 4.74 Å². The highest BCUT2D eigenvalue weighted by Gasteiger charge is 2.42. The third-order valence-corrected chi connectivity index (χ3v) is 7.24. The van der Waals surface area contributed by atoms with Gasteiger partial charge in [-0.25, -0.2) is 4.79 Å². The molecule has 1 aliphatic heterocycles. The Labute approximate surface area is 234 Å². The summed E-state index contributed by atoms with van der Waals surface area (Å²) in [5.41, 5.74) is 6.21. The van der Waals surface area contributed by atoms with Gasteiger partial charge >= 0.3 is 5.97 Å². The molecule has 5 rings (SSSR count). The lowest BCUT2D eigenvalue weighted by Gasteiger charge is -2.28. The summed E-state index contributed by atoms with van der Waals surface area (Å²) in [5, 5.41) is 4.15. The van der Waals surface area contributed by atoms with Crippen LogP contribution < -0.4 is 15.0 Å². The van der Waals surface area contributed by atoms with E-state index in [0.717, 1.165) is 39.8 Å². The summed E-state index contributed by atoms with van der Waals surface area (Å²) in [6, 6.07) is 23.2. The Morgan fingerprint density at radius 3 is 2.41 bits per heavy atom. The van der Waals surface area contributed by atoms with Gasteiger partial charge in [0.05, 0.1) is 42.2 Å². The van der Waals surface area contributed by atoms with Gasteiger partial charge in [0.15, 0.2) is 5.11 Å². The maximum Gasteiger partial charge on any atom is 0.339 e. The zero-order chi connectivity index (χ0) is 27.7. The van der Waals surface area contributed by atoms with Crippen molar-refractivity contribution in [3.63, 3.8) is 0 Å². The van der Waals surface area contributed by atoms with Crippen molar-refractivity contribution in [2.45, 2.75) is 45.9 Å². The highest BCUT2D eigenvalue weighted by Crippen LogP contribution is 2.44. The number of anilines is 1. The molecule has 0 unspecified atom stereocenters. The number of ether oxygens (including phenoxy) is 2. The number of thiocarbonyl (C=S) groups is 1. The molecule has 39 heavy (non-hydrogen) atoms. The SMILES string of the molecule is COC(=O)c1ccccc1-n1c(C)cc([C@@H]2[C@H](c3ccccn3)NC(=S)N2c2ccc(OC(C)C)cc2)c1C. The Bertz CT molecular complexity index is 1500. The molecule has 0 radical (unpaired) electrons. The Morgan fingerprint density at radius 2 is 1.74 bits per heavy atom. The zero-order valence-electron chi connectivity index (χ0n) is 22.7. The largest absolute Gasteiger partial charge is 0.491 e. The molecule has 2 atom stereocenters. The molecule has 8 heteroatoms. The molecule has 1 saturated heterocycles. The monoisotopic (exact) mass is 540 g/mol. The number of carbonyl (C=O) groups is 1. The lowest BCUT2D eigenvalue weighted by molar-refractivity contribution is 0.0600. The molecule has 7 nitrogen and oxygen atoms in total. The van der Waals surface area contributed by atoms with Gasteiger partial charge in [-0.15, -0.1) is 0 Å². The van der Waals surface area contributed by atoms with E-state index in [4.69, 9.17) is 21.7 Å². The van der Waals surface area contributed by atoms with Crippen LogP contribution in [0.3, 0.4) is 0 Å². The van der Waals surface area contributed by atoms with Crippen molar-refractivity contribution < 1.29 is 14.3 Å². The van der Waals surface area contributed by atoms with Crippen molar-refractivity contribution in [3.05, 3.63) is 107 Å². The van der Waals surface area contributed by atoms with Gasteiger partial charge in [0.2, 0.25) is 0 Å². The Hall–Kier alpha value is -4.17. The van der Waals surface area contributed by atoms with Crippen LogP contribution in [0.15, 0.2) is 79.0 Å². The fraction of sp³-hybridized carbons (Fsp3) is 0.258. The molecular weight excluding hydrogens is 508 g/mol. The fourth-order valence-corrected chi connectivity index (χ4v) is 5.66. The second-order valence-corrected chi connectivity index (χ2v) is 10.2. The summed E-state index contributed by atoms with van der Waals surface area (Å²) < 4.78 is 13.1. The van der Waals surface area contributed by atoms with Crippen molar-refractivity contribution in [2.24, 2.45) is 0 Å². The van der Waals surface area contributed by atoms with Gasteiger partial charge in [-0.05, 0) is 100 Å². The van der Waals surface area contributed by atoms with Crippen molar-refractivity contribution in [3.8, 4) is 11.4 Å². The zero-order valence-corrected chi connectivity index (χ0v) is 23.5. The van der Waals surface area contributed by atoms with E-state index in [9.17, 15) is 4.79 Å². The van der Waals surface area contributed by atoms with Crippen LogP contribution in [0.4, 0.5) is 5.69 Å². The van der Waals surface area contributed by atoms with E-state index in [1.54, 1.807) is 12.3 Å². The number of rotatable bonds is 7. The minimum Gasteiger partial charge on any atom is -0.491 e. The summed E-state index contributed by atoms with van der Waals surface area (Å²) in [7, 11) is 1.40. The number of aryl methyl sites for hydroxylation is 1. The molecule has 1 fully saturated rings. The third kappa shape index (κ3) is 5.00. The molecule has 0 aliphatic carbocycles. The third-order valence-electron chi connectivity index (χ3n) is 6.92. The smallest absolute Gasteiger partial charge is 0.339 e. The van der Waals surface area contributed by atoms with Crippen molar-refractivity contribution in [1.29, 1.82) is 0 Å². The molecule has 1 aliphatic rings. The Balaban J connectivity index is 1.65. The van der Waals surface area contributed by atoms with Crippen LogP contribution in [0.1, 0.15) is 58.9 Å². The first-order valence-corrected chi connectivity index (χ1v) is 13.3. The predicted molar refractivity (Wildman–Crippen MR) is 157 cm³/mol. The van der Waals surface area contributed by atoms with Crippen molar-refractivity contribution >= 4 is 29.0 Å². The number of nitrogens with zero attached hydrogens (tertiary/aromatic N) is 3. The number of aromatic nitrogens is 2. The van der Waals surface area contributed by atoms with Crippen LogP contribution in [0.25, 0.3) is 5.69 Å². The summed E-state index contributed by atoms with van der Waals surface area (Å²) in [6.45, 7) is 8.14. The molecular formula is C31H32N4O3S. The van der Waals surface area contributed by atoms with Gasteiger partial charge in [0.1, 0.15) is 5.75 Å². The highest BCUT2D eigenvalue weighted by atomic mass is 32.1. The van der Waals surface area contributed by atoms with Crippen LogP contribution in [0.2, 0.25) is 0 Å². The van der Waals surface area contributed by atoms with Crippen LogP contribution in [0.5, 0.6) is 5.75 Å². The molecule has 2 aromatic carbocycles. The number of hydrogen-bond acceptors (Lipinski definition) is 5. The molecule has 0 amide bonds. The topological polar surface area (TPSA) is 68.6 Å². The number of esters is 1. The van der Waals surface area contributed by atoms with Gasteiger partial charge in [-0.2, -0.15) is 0 Å². The standard InChI is InChI=1S/C31H32N4O3S/c1-19(2)38-23-15-13-22(14-16-23)35-29(28(33-31(35)39)26-11-8-9-17-32-26)25-18-20(3)34(21(25)4)27-12-7-6-10-24(27)30(36)37-5/h6-19,28-29H,1-5H3,(H,33,39)/t28-,29+/m0/s1. The maximum absolute atomic E-state index is 12.6. The number of benzene rings is 2. The minimum absolute atomic E-state index is 0.0879. The molecule has 200 valence electrons. The second kappa shape index (κ2) is 10.9. The Morgan fingerprint density at radius 1 is 1.03 bits per heavy atom. The number of hydrogen-bond donors (Lipinski definition) is 1. The fourth-order valence-electron chi connectivity index (χ4n) is 5.32. The van der Waals surface area contributed by atoms with E-state index in [-0.39, 0.29) is 24.2 Å². The van der Waals surface area contributed by atoms with Gasteiger partial charge in [-0.1, -0.05) is 18.2 Å². The molecule has 0 spiro atoms. The number of pyridine rings is 1. The molecule has 0 bridgehead atoms. The first kappa shape index (κ1) is 26.4. The summed E-state index contributed by atoms with van der Waals surface area (Å²) in [6.07, 6.45) is 1.89. The first-order valence-electron chi connectivity index (χ1n) is 12.9. The minimum atomic E-state index is -0.375. The predicted octanol–water partition coefficient (Wildman–Crippen LogP) is 6.24. The van der Waals surface area contributed by atoms with E-state index in [0.29, 0.717) is 10.7 Å². The van der Waals surface area contributed by atoms with Crippen LogP contribution in [-0.4, -0.2) is 33.8 Å². The van der Waals surface area contributed by atoms with E-state index in [2.05, 4.69) is 32.8 Å². The summed E-state index contributed by atoms with van der Waals surface area (Å²) >= 11 is 5.91. The number of para-hydroxylation sites is 1. The van der Waals surface area contributed by atoms with Crippen molar-refractivity contribution in [1.82, 2.24) is 14.9 Å². The highest BCUT2D eigenvalue weighted by molar-refractivity contribution is 7.80. The van der Waals surface area contributed by atoms with E-state index in [1.807, 2.05) is 81.4 Å². The summed E-state index contributed by atoms with van der Waals surface area (Å²) in [5.74, 6) is 0.433. The Kier molecular flexibility index (Phi) is 7.39. The molecule has 4 aromatic rings. The quantitative estimate of drug-likeness (QED) is 0.220. The average molecular weight is 541 g/mol.